The number of anilines is 1. The van der Waals surface area contributed by atoms with Gasteiger partial charge in [0.1, 0.15) is 11.4 Å². The molecule has 1 saturated heterocycles. The fourth-order valence-electron chi connectivity index (χ4n) is 2.65. The van der Waals surface area contributed by atoms with Gasteiger partial charge in [-0.3, -0.25) is 14.5 Å². The summed E-state index contributed by atoms with van der Waals surface area (Å²) in [5, 5.41) is 17.5. The van der Waals surface area contributed by atoms with Crippen LogP contribution in [0.4, 0.5) is 5.82 Å². The molecule has 1 aliphatic rings. The Kier molecular flexibility index (Phi) is 4.24. The quantitative estimate of drug-likeness (QED) is 0.810. The predicted octanol–water partition coefficient (Wildman–Crippen LogP) is 0.0642. The van der Waals surface area contributed by atoms with Crippen molar-refractivity contribution < 1.29 is 9.90 Å². The van der Waals surface area contributed by atoms with Crippen molar-refractivity contribution in [2.45, 2.75) is 25.5 Å². The third-order valence-electron chi connectivity index (χ3n) is 4.00. The zero-order chi connectivity index (χ0) is 16.3. The van der Waals surface area contributed by atoms with Gasteiger partial charge in [-0.1, -0.05) is 0 Å². The molecule has 1 fully saturated rings. The Balaban J connectivity index is 1.56. The van der Waals surface area contributed by atoms with Crippen molar-refractivity contribution in [3.63, 3.8) is 0 Å². The Labute approximate surface area is 134 Å². The lowest BCUT2D eigenvalue weighted by molar-refractivity contribution is 0.0575. The first kappa shape index (κ1) is 15.4. The Morgan fingerprint density at radius 2 is 2.30 bits per heavy atom. The number of hydrogen-bond acceptors (Lipinski definition) is 6. The predicted molar refractivity (Wildman–Crippen MR) is 84.0 cm³/mol. The number of carbonyl (C=O) groups excluding carboxylic acids is 1. The van der Waals surface area contributed by atoms with Crippen LogP contribution in [0.15, 0.2) is 31.0 Å². The maximum absolute atomic E-state index is 12.1. The summed E-state index contributed by atoms with van der Waals surface area (Å²) in [6.45, 7) is 3.96. The summed E-state index contributed by atoms with van der Waals surface area (Å²) < 4.78 is 1.69. The highest BCUT2D eigenvalue weighted by Crippen LogP contribution is 2.24. The topological polar surface area (TPSA) is 96.2 Å². The number of aryl methyl sites for hydroxylation is 1. The first-order valence-electron chi connectivity index (χ1n) is 7.64. The van der Waals surface area contributed by atoms with E-state index in [-0.39, 0.29) is 12.5 Å². The van der Waals surface area contributed by atoms with E-state index in [0.29, 0.717) is 31.6 Å². The van der Waals surface area contributed by atoms with Crippen molar-refractivity contribution in [2.24, 2.45) is 0 Å². The molecule has 2 aromatic heterocycles. The van der Waals surface area contributed by atoms with Crippen molar-refractivity contribution in [1.82, 2.24) is 25.1 Å². The molecular formula is C15H20N6O2. The van der Waals surface area contributed by atoms with Gasteiger partial charge in [-0.05, 0) is 13.3 Å². The minimum Gasteiger partial charge on any atom is -0.386 e. The number of carbonyl (C=O) groups is 1. The van der Waals surface area contributed by atoms with E-state index in [2.05, 4.69) is 20.4 Å². The van der Waals surface area contributed by atoms with Crippen molar-refractivity contribution in [3.8, 4) is 0 Å². The summed E-state index contributed by atoms with van der Waals surface area (Å²) in [6, 6.07) is 0. The standard InChI is InChI=1S/C15H20N6O2/c1-2-21-9-12(7-19-21)14(22)18-10-15(23)3-6-20(11-15)13-8-16-4-5-17-13/h4-5,7-9,23H,2-3,6,10-11H2,1H3,(H,18,22)/t15-/m1/s1. The summed E-state index contributed by atoms with van der Waals surface area (Å²) in [7, 11) is 0. The third kappa shape index (κ3) is 3.48. The maximum atomic E-state index is 12.1. The fraction of sp³-hybridized carbons (Fsp3) is 0.467. The van der Waals surface area contributed by atoms with Gasteiger partial charge in [-0.2, -0.15) is 5.10 Å². The molecule has 3 rings (SSSR count). The monoisotopic (exact) mass is 316 g/mol. The highest BCUT2D eigenvalue weighted by Gasteiger charge is 2.37. The average Bonchev–Trinajstić information content (AvgIpc) is 3.21. The molecular weight excluding hydrogens is 296 g/mol. The molecule has 1 amide bonds. The number of amides is 1. The number of β-amino-alcohol motifs (C(OH)–C–C–N with tert-alkyl or cyclic N) is 1. The number of nitrogens with zero attached hydrogens (tertiary/aromatic N) is 5. The lowest BCUT2D eigenvalue weighted by Crippen LogP contribution is -2.45. The normalized spacial score (nSPS) is 20.7. The number of nitrogens with one attached hydrogen (secondary N) is 1. The molecule has 0 unspecified atom stereocenters. The van der Waals surface area contributed by atoms with Crippen LogP contribution in [0.2, 0.25) is 0 Å². The van der Waals surface area contributed by atoms with Crippen LogP contribution in [-0.4, -0.2) is 56.0 Å². The van der Waals surface area contributed by atoms with Crippen molar-refractivity contribution in [1.29, 1.82) is 0 Å². The average molecular weight is 316 g/mol. The second-order valence-electron chi connectivity index (χ2n) is 5.73. The van der Waals surface area contributed by atoms with Gasteiger partial charge in [-0.15, -0.1) is 0 Å². The van der Waals surface area contributed by atoms with Gasteiger partial charge in [0.15, 0.2) is 0 Å². The zero-order valence-corrected chi connectivity index (χ0v) is 13.0. The van der Waals surface area contributed by atoms with Gasteiger partial charge in [0, 0.05) is 44.8 Å². The van der Waals surface area contributed by atoms with Gasteiger partial charge < -0.3 is 15.3 Å². The van der Waals surface area contributed by atoms with E-state index in [0.717, 1.165) is 5.82 Å². The first-order chi connectivity index (χ1) is 11.1. The number of aliphatic hydroxyl groups is 1. The number of hydrogen-bond donors (Lipinski definition) is 2. The van der Waals surface area contributed by atoms with Gasteiger partial charge in [-0.25, -0.2) is 4.98 Å². The second-order valence-corrected chi connectivity index (χ2v) is 5.73. The van der Waals surface area contributed by atoms with Crippen molar-refractivity contribution in [2.75, 3.05) is 24.5 Å². The molecule has 2 N–H and O–H groups in total. The molecule has 0 radical (unpaired) electrons. The first-order valence-corrected chi connectivity index (χ1v) is 7.64. The largest absolute Gasteiger partial charge is 0.386 e. The molecule has 0 aliphatic carbocycles. The van der Waals surface area contributed by atoms with Gasteiger partial charge >= 0.3 is 0 Å². The van der Waals surface area contributed by atoms with E-state index >= 15 is 0 Å². The SMILES string of the molecule is CCn1cc(C(=O)NC[C@]2(O)CCN(c3cnccn3)C2)cn1. The highest BCUT2D eigenvalue weighted by molar-refractivity contribution is 5.93. The minimum absolute atomic E-state index is 0.194. The third-order valence-corrected chi connectivity index (χ3v) is 4.00. The van der Waals surface area contributed by atoms with Crippen molar-refractivity contribution >= 4 is 11.7 Å². The van der Waals surface area contributed by atoms with Gasteiger partial charge in [0.25, 0.3) is 5.91 Å². The van der Waals surface area contributed by atoms with Crippen LogP contribution < -0.4 is 10.2 Å². The van der Waals surface area contributed by atoms with Crippen LogP contribution in [0, 0.1) is 0 Å². The van der Waals surface area contributed by atoms with Crippen molar-refractivity contribution in [3.05, 3.63) is 36.5 Å². The van der Waals surface area contributed by atoms with E-state index in [1.807, 2.05) is 11.8 Å². The Morgan fingerprint density at radius 1 is 1.43 bits per heavy atom. The van der Waals surface area contributed by atoms with E-state index in [4.69, 9.17) is 0 Å². The molecule has 3 heterocycles. The number of aromatic nitrogens is 4. The van der Waals surface area contributed by atoms with Crippen LogP contribution in [-0.2, 0) is 6.54 Å². The molecule has 8 nitrogen and oxygen atoms in total. The van der Waals surface area contributed by atoms with E-state index in [1.165, 1.54) is 6.20 Å². The van der Waals surface area contributed by atoms with E-state index in [9.17, 15) is 9.90 Å². The van der Waals surface area contributed by atoms with Crippen LogP contribution in [0.3, 0.4) is 0 Å². The van der Waals surface area contributed by atoms with Crippen LogP contribution in [0.1, 0.15) is 23.7 Å². The summed E-state index contributed by atoms with van der Waals surface area (Å²) >= 11 is 0. The Morgan fingerprint density at radius 3 is 3.00 bits per heavy atom. The van der Waals surface area contributed by atoms with Crippen LogP contribution in [0.5, 0.6) is 0 Å². The summed E-state index contributed by atoms with van der Waals surface area (Å²) in [5.41, 5.74) is -0.465. The molecule has 1 atom stereocenters. The molecule has 23 heavy (non-hydrogen) atoms. The van der Waals surface area contributed by atoms with Gasteiger partial charge in [0.2, 0.25) is 0 Å². The maximum Gasteiger partial charge on any atom is 0.254 e. The molecule has 0 bridgehead atoms. The Hall–Kier alpha value is -2.48. The molecule has 0 aromatic carbocycles. The molecule has 8 heteroatoms. The zero-order valence-electron chi connectivity index (χ0n) is 13.0. The molecule has 0 saturated carbocycles. The molecule has 122 valence electrons. The van der Waals surface area contributed by atoms with E-state index in [1.54, 1.807) is 29.5 Å². The lowest BCUT2D eigenvalue weighted by atomic mass is 10.0. The highest BCUT2D eigenvalue weighted by atomic mass is 16.3. The van der Waals surface area contributed by atoms with Crippen LogP contribution in [0.25, 0.3) is 0 Å². The number of rotatable bonds is 5. The fourth-order valence-corrected chi connectivity index (χ4v) is 2.65. The molecule has 0 spiro atoms. The second kappa shape index (κ2) is 6.33. The molecule has 2 aromatic rings. The molecule has 1 aliphatic heterocycles. The lowest BCUT2D eigenvalue weighted by Gasteiger charge is -2.23. The summed E-state index contributed by atoms with van der Waals surface area (Å²) in [5.74, 6) is 0.509. The minimum atomic E-state index is -0.964. The van der Waals surface area contributed by atoms with E-state index < -0.39 is 5.60 Å². The Bertz CT molecular complexity index is 674. The summed E-state index contributed by atoms with van der Waals surface area (Å²) in [6.07, 6.45) is 8.70. The smallest absolute Gasteiger partial charge is 0.254 e. The van der Waals surface area contributed by atoms with Gasteiger partial charge in [0.05, 0.1) is 18.0 Å². The van der Waals surface area contributed by atoms with Crippen LogP contribution >= 0.6 is 0 Å². The summed E-state index contributed by atoms with van der Waals surface area (Å²) in [4.78, 5) is 22.4.